The lowest BCUT2D eigenvalue weighted by Crippen LogP contribution is -2.39. The van der Waals surface area contributed by atoms with Crippen molar-refractivity contribution in [1.29, 1.82) is 0 Å². The number of primary amides is 1. The van der Waals surface area contributed by atoms with Crippen LogP contribution in [0.15, 0.2) is 30.5 Å². The summed E-state index contributed by atoms with van der Waals surface area (Å²) < 4.78 is 0. The average Bonchev–Trinajstić information content (AvgIpc) is 3.53. The van der Waals surface area contributed by atoms with Crippen molar-refractivity contribution in [2.45, 2.75) is 69.7 Å². The number of carbonyl (C=O) groups is 2. The Balaban J connectivity index is 1.16. The fourth-order valence-electron chi connectivity index (χ4n) is 6.63. The molecule has 10 heteroatoms. The van der Waals surface area contributed by atoms with Crippen molar-refractivity contribution in [2.24, 2.45) is 11.7 Å². The predicted molar refractivity (Wildman–Crippen MR) is 163 cm³/mol. The van der Waals surface area contributed by atoms with Crippen LogP contribution in [0.2, 0.25) is 0 Å². The summed E-state index contributed by atoms with van der Waals surface area (Å²) in [7, 11) is 3.50. The highest BCUT2D eigenvalue weighted by atomic mass is 16.2. The molecule has 2 saturated heterocycles. The van der Waals surface area contributed by atoms with E-state index in [0.29, 0.717) is 24.2 Å². The first-order chi connectivity index (χ1) is 19.9. The van der Waals surface area contributed by atoms with Gasteiger partial charge in [-0.05, 0) is 87.6 Å². The maximum absolute atomic E-state index is 12.1. The summed E-state index contributed by atoms with van der Waals surface area (Å²) in [5.74, 6) is 1.68. The minimum Gasteiger partial charge on any atom is -0.364 e. The number of nitrogens with zero attached hydrogens (tertiary/aromatic N) is 5. The second-order valence-corrected chi connectivity index (χ2v) is 12.1. The molecular formula is C31H46N8O2. The number of rotatable bonds is 9. The fourth-order valence-corrected chi connectivity index (χ4v) is 6.63. The van der Waals surface area contributed by atoms with Crippen LogP contribution < -0.4 is 21.3 Å². The van der Waals surface area contributed by atoms with Crippen LogP contribution in [-0.4, -0.2) is 84.6 Å². The molecule has 0 unspecified atom stereocenters. The van der Waals surface area contributed by atoms with E-state index in [9.17, 15) is 9.59 Å². The topological polar surface area (TPSA) is 120 Å². The molecule has 1 aromatic heterocycles. The molecule has 1 aliphatic carbocycles. The Bertz CT molecular complexity index is 1170. The van der Waals surface area contributed by atoms with Crippen molar-refractivity contribution in [1.82, 2.24) is 25.1 Å². The molecule has 0 radical (unpaired) electrons. The first kappa shape index (κ1) is 29.1. The van der Waals surface area contributed by atoms with E-state index in [2.05, 4.69) is 49.7 Å². The number of amides is 3. The zero-order valence-electron chi connectivity index (χ0n) is 24.6. The van der Waals surface area contributed by atoms with Crippen LogP contribution in [0, 0.1) is 5.92 Å². The van der Waals surface area contributed by atoms with E-state index in [-0.39, 0.29) is 11.7 Å². The standard InChI is InChI=1S/C31H46N8O2/c1-37(2)31(41)33-16-11-22-12-17-39(18-13-22)27-21-34-28(29(32)40)30(36-27)35-25-9-7-23(8-10-25)24-14-19-38(20-15-24)26-5-3-4-6-26/h7-10,21-22,24,26H,3-6,11-20H2,1-2H3,(H2,32,40)(H,33,41)(H,35,36). The zero-order chi connectivity index (χ0) is 28.8. The number of hydrogen-bond acceptors (Lipinski definition) is 7. The van der Waals surface area contributed by atoms with E-state index in [1.807, 2.05) is 0 Å². The summed E-state index contributed by atoms with van der Waals surface area (Å²) in [5.41, 5.74) is 8.03. The number of anilines is 3. The predicted octanol–water partition coefficient (Wildman–Crippen LogP) is 4.32. The lowest BCUT2D eigenvalue weighted by Gasteiger charge is -2.36. The van der Waals surface area contributed by atoms with Crippen LogP contribution in [0.25, 0.3) is 0 Å². The molecule has 3 fully saturated rings. The van der Waals surface area contributed by atoms with Gasteiger partial charge in [-0.2, -0.15) is 0 Å². The zero-order valence-corrected chi connectivity index (χ0v) is 24.6. The maximum Gasteiger partial charge on any atom is 0.316 e. The normalized spacial score (nSPS) is 19.3. The Morgan fingerprint density at radius 3 is 2.29 bits per heavy atom. The first-order valence-electron chi connectivity index (χ1n) is 15.4. The van der Waals surface area contributed by atoms with Gasteiger partial charge in [-0.3, -0.25) is 4.79 Å². The summed E-state index contributed by atoms with van der Waals surface area (Å²) in [6.07, 6.45) is 12.6. The molecule has 3 aliphatic rings. The average molecular weight is 563 g/mol. The van der Waals surface area contributed by atoms with Crippen LogP contribution in [-0.2, 0) is 0 Å². The number of carbonyl (C=O) groups excluding carboxylic acids is 2. The summed E-state index contributed by atoms with van der Waals surface area (Å²) in [6.45, 7) is 4.78. The Morgan fingerprint density at radius 2 is 1.66 bits per heavy atom. The number of likely N-dealkylation sites (tertiary alicyclic amines) is 1. The third kappa shape index (κ3) is 7.47. The highest BCUT2D eigenvalue weighted by Crippen LogP contribution is 2.33. The lowest BCUT2D eigenvalue weighted by molar-refractivity contribution is 0.0996. The van der Waals surface area contributed by atoms with Crippen molar-refractivity contribution < 1.29 is 9.59 Å². The molecule has 5 rings (SSSR count). The van der Waals surface area contributed by atoms with Gasteiger partial charge >= 0.3 is 6.03 Å². The monoisotopic (exact) mass is 562 g/mol. The van der Waals surface area contributed by atoms with Gasteiger partial charge in [-0.1, -0.05) is 25.0 Å². The van der Waals surface area contributed by atoms with Gasteiger partial charge in [0.2, 0.25) is 0 Å². The number of piperidine rings is 2. The van der Waals surface area contributed by atoms with Gasteiger partial charge in [-0.15, -0.1) is 0 Å². The van der Waals surface area contributed by atoms with Crippen molar-refractivity contribution in [3.8, 4) is 0 Å². The molecule has 2 aliphatic heterocycles. The molecular weight excluding hydrogens is 516 g/mol. The number of urea groups is 1. The highest BCUT2D eigenvalue weighted by Gasteiger charge is 2.28. The van der Waals surface area contributed by atoms with Gasteiger partial charge in [0.25, 0.3) is 5.91 Å². The lowest BCUT2D eigenvalue weighted by atomic mass is 9.88. The number of nitrogens with one attached hydrogen (secondary N) is 2. The van der Waals surface area contributed by atoms with Crippen LogP contribution in [0.4, 0.5) is 22.1 Å². The maximum atomic E-state index is 12.1. The van der Waals surface area contributed by atoms with Gasteiger partial charge in [-0.25, -0.2) is 14.8 Å². The second kappa shape index (κ2) is 13.5. The molecule has 0 atom stereocenters. The van der Waals surface area contributed by atoms with Gasteiger partial charge < -0.3 is 31.1 Å². The summed E-state index contributed by atoms with van der Waals surface area (Å²) in [5, 5.41) is 6.26. The Morgan fingerprint density at radius 1 is 0.976 bits per heavy atom. The van der Waals surface area contributed by atoms with E-state index in [1.165, 1.54) is 57.2 Å². The molecule has 3 heterocycles. The largest absolute Gasteiger partial charge is 0.364 e. The Hall–Kier alpha value is -3.40. The number of aromatic nitrogens is 2. The summed E-state index contributed by atoms with van der Waals surface area (Å²) in [4.78, 5) is 39.5. The van der Waals surface area contributed by atoms with Crippen molar-refractivity contribution in [3.63, 3.8) is 0 Å². The van der Waals surface area contributed by atoms with Gasteiger partial charge in [0.1, 0.15) is 5.82 Å². The molecule has 0 spiro atoms. The van der Waals surface area contributed by atoms with Gasteiger partial charge in [0.15, 0.2) is 11.5 Å². The summed E-state index contributed by atoms with van der Waals surface area (Å²) in [6, 6.07) is 9.29. The Kier molecular flexibility index (Phi) is 9.59. The molecule has 10 nitrogen and oxygen atoms in total. The van der Waals surface area contributed by atoms with E-state index >= 15 is 0 Å². The number of hydrogen-bond donors (Lipinski definition) is 3. The van der Waals surface area contributed by atoms with E-state index < -0.39 is 5.91 Å². The van der Waals surface area contributed by atoms with Crippen LogP contribution >= 0.6 is 0 Å². The molecule has 2 aromatic rings. The first-order valence-corrected chi connectivity index (χ1v) is 15.4. The highest BCUT2D eigenvalue weighted by molar-refractivity contribution is 5.96. The smallest absolute Gasteiger partial charge is 0.316 e. The molecule has 4 N–H and O–H groups in total. The minimum absolute atomic E-state index is 0.0539. The van der Waals surface area contributed by atoms with E-state index in [1.54, 1.807) is 25.2 Å². The molecule has 1 aromatic carbocycles. The van der Waals surface area contributed by atoms with Crippen molar-refractivity contribution >= 4 is 29.3 Å². The number of nitrogens with two attached hydrogens (primary N) is 1. The van der Waals surface area contributed by atoms with E-state index in [0.717, 1.165) is 49.9 Å². The van der Waals surface area contributed by atoms with Crippen LogP contribution in [0.5, 0.6) is 0 Å². The molecule has 222 valence electrons. The Labute approximate surface area is 244 Å². The quantitative estimate of drug-likeness (QED) is 0.416. The van der Waals surface area contributed by atoms with Gasteiger partial charge in [0.05, 0.1) is 6.20 Å². The second-order valence-electron chi connectivity index (χ2n) is 12.1. The third-order valence-electron chi connectivity index (χ3n) is 9.18. The van der Waals surface area contributed by atoms with Crippen LogP contribution in [0.1, 0.15) is 79.8 Å². The fraction of sp³-hybridized carbons (Fsp3) is 0.613. The minimum atomic E-state index is -0.601. The van der Waals surface area contributed by atoms with Crippen molar-refractivity contribution in [2.75, 3.05) is 57.0 Å². The molecule has 3 amide bonds. The molecule has 0 bridgehead atoms. The third-order valence-corrected chi connectivity index (χ3v) is 9.18. The number of benzene rings is 1. The summed E-state index contributed by atoms with van der Waals surface area (Å²) >= 11 is 0. The molecule has 1 saturated carbocycles. The van der Waals surface area contributed by atoms with E-state index in [4.69, 9.17) is 10.7 Å². The SMILES string of the molecule is CN(C)C(=O)NCCC1CCN(c2cnc(C(N)=O)c(Nc3ccc(C4CCN(C5CCCC5)CC4)cc3)n2)CC1. The van der Waals surface area contributed by atoms with Gasteiger partial charge in [0, 0.05) is 45.5 Å². The van der Waals surface area contributed by atoms with Crippen molar-refractivity contribution in [3.05, 3.63) is 41.7 Å². The van der Waals surface area contributed by atoms with Crippen LogP contribution in [0.3, 0.4) is 0 Å². The molecule has 41 heavy (non-hydrogen) atoms.